The Labute approximate surface area is 151 Å². The molecular formula is C20H33N3O2. The van der Waals surface area contributed by atoms with Crippen molar-refractivity contribution in [2.24, 2.45) is 0 Å². The maximum Gasteiger partial charge on any atom is 0.220 e. The van der Waals surface area contributed by atoms with E-state index < -0.39 is 5.54 Å². The molecule has 1 amide bonds. The number of carbonyl (C=O) groups excluding carboxylic acids is 1. The number of pyridine rings is 1. The maximum absolute atomic E-state index is 12.1. The first-order valence-corrected chi connectivity index (χ1v) is 9.37. The van der Waals surface area contributed by atoms with E-state index in [1.807, 2.05) is 20.8 Å². The second-order valence-corrected chi connectivity index (χ2v) is 8.12. The number of nitrogens with zero attached hydrogens (tertiary/aromatic N) is 2. The Morgan fingerprint density at radius 2 is 2.16 bits per heavy atom. The number of likely N-dealkylation sites (tertiary alicyclic amines) is 1. The van der Waals surface area contributed by atoms with Crippen LogP contribution in [-0.2, 0) is 11.2 Å². The summed E-state index contributed by atoms with van der Waals surface area (Å²) < 4.78 is 0. The van der Waals surface area contributed by atoms with Gasteiger partial charge in [-0.25, -0.2) is 0 Å². The Bertz CT molecular complexity index is 599. The molecule has 1 unspecified atom stereocenters. The lowest BCUT2D eigenvalue weighted by Crippen LogP contribution is -2.46. The molecule has 5 heteroatoms. The minimum Gasteiger partial charge on any atom is -0.394 e. The molecule has 1 aromatic rings. The topological polar surface area (TPSA) is 65.5 Å². The lowest BCUT2D eigenvalue weighted by atomic mass is 10.0. The summed E-state index contributed by atoms with van der Waals surface area (Å²) in [5.41, 5.74) is 2.74. The van der Waals surface area contributed by atoms with Crippen LogP contribution in [0.5, 0.6) is 0 Å². The molecule has 140 valence electrons. The Morgan fingerprint density at radius 3 is 2.80 bits per heavy atom. The molecule has 0 radical (unpaired) electrons. The van der Waals surface area contributed by atoms with Crippen LogP contribution in [0.1, 0.15) is 70.0 Å². The molecule has 1 aliphatic rings. The highest BCUT2D eigenvalue weighted by Crippen LogP contribution is 2.33. The van der Waals surface area contributed by atoms with Crippen LogP contribution in [0.15, 0.2) is 12.1 Å². The summed E-state index contributed by atoms with van der Waals surface area (Å²) in [5, 5.41) is 12.1. The van der Waals surface area contributed by atoms with Crippen molar-refractivity contribution in [2.75, 3.05) is 13.2 Å². The standard InChI is InChI=1S/C20H33N3O2/c1-14(2)23-10-6-7-18(23)17-12-16(11-15(3)21-17)8-9-19(25)22-20(4,5)13-24/h11-12,14,18,24H,6-10,13H2,1-5H3,(H,22,25). The number of amides is 1. The van der Waals surface area contributed by atoms with Gasteiger partial charge in [-0.2, -0.15) is 0 Å². The Balaban J connectivity index is 2.05. The summed E-state index contributed by atoms with van der Waals surface area (Å²) in [6, 6.07) is 5.15. The molecule has 0 aliphatic carbocycles. The molecular weight excluding hydrogens is 314 g/mol. The van der Waals surface area contributed by atoms with Gasteiger partial charge in [0.05, 0.1) is 23.9 Å². The van der Waals surface area contributed by atoms with Gasteiger partial charge in [-0.3, -0.25) is 14.7 Å². The predicted octanol–water partition coefficient (Wildman–Crippen LogP) is 2.76. The number of aryl methyl sites for hydroxylation is 2. The van der Waals surface area contributed by atoms with Crippen LogP contribution in [0.25, 0.3) is 0 Å². The van der Waals surface area contributed by atoms with Crippen LogP contribution in [0, 0.1) is 6.92 Å². The minimum absolute atomic E-state index is 0.0280. The third-order valence-corrected chi connectivity index (χ3v) is 4.85. The highest BCUT2D eigenvalue weighted by Gasteiger charge is 2.29. The summed E-state index contributed by atoms with van der Waals surface area (Å²) in [7, 11) is 0. The molecule has 2 heterocycles. The monoisotopic (exact) mass is 347 g/mol. The second kappa shape index (κ2) is 8.28. The predicted molar refractivity (Wildman–Crippen MR) is 100 cm³/mol. The highest BCUT2D eigenvalue weighted by atomic mass is 16.3. The number of aliphatic hydroxyl groups excluding tert-OH is 1. The lowest BCUT2D eigenvalue weighted by Gasteiger charge is -2.28. The summed E-state index contributed by atoms with van der Waals surface area (Å²) in [4.78, 5) is 19.4. The van der Waals surface area contributed by atoms with Gasteiger partial charge in [0.2, 0.25) is 5.91 Å². The van der Waals surface area contributed by atoms with Crippen molar-refractivity contribution >= 4 is 5.91 Å². The van der Waals surface area contributed by atoms with Crippen molar-refractivity contribution in [1.29, 1.82) is 0 Å². The van der Waals surface area contributed by atoms with Gasteiger partial charge < -0.3 is 10.4 Å². The molecule has 1 fully saturated rings. The van der Waals surface area contributed by atoms with Gasteiger partial charge in [-0.1, -0.05) is 0 Å². The van der Waals surface area contributed by atoms with Crippen LogP contribution in [0.3, 0.4) is 0 Å². The minimum atomic E-state index is -0.571. The van der Waals surface area contributed by atoms with Crippen molar-refractivity contribution in [1.82, 2.24) is 15.2 Å². The van der Waals surface area contributed by atoms with Crippen molar-refractivity contribution < 1.29 is 9.90 Å². The zero-order chi connectivity index (χ0) is 18.6. The quantitative estimate of drug-likeness (QED) is 0.796. The summed E-state index contributed by atoms with van der Waals surface area (Å²) in [6.07, 6.45) is 3.48. The highest BCUT2D eigenvalue weighted by molar-refractivity contribution is 5.77. The molecule has 0 saturated carbocycles. The summed E-state index contributed by atoms with van der Waals surface area (Å²) in [5.74, 6) is -0.0280. The Kier molecular flexibility index (Phi) is 6.58. The molecule has 1 saturated heterocycles. The number of aliphatic hydroxyl groups is 1. The SMILES string of the molecule is Cc1cc(CCC(=O)NC(C)(C)CO)cc(C2CCCN2C(C)C)n1. The van der Waals surface area contributed by atoms with E-state index in [2.05, 4.69) is 36.2 Å². The van der Waals surface area contributed by atoms with E-state index in [9.17, 15) is 9.90 Å². The van der Waals surface area contributed by atoms with Gasteiger partial charge in [0, 0.05) is 18.2 Å². The van der Waals surface area contributed by atoms with Crippen LogP contribution in [-0.4, -0.2) is 45.6 Å². The van der Waals surface area contributed by atoms with E-state index in [1.165, 1.54) is 6.42 Å². The van der Waals surface area contributed by atoms with Crippen molar-refractivity contribution in [3.8, 4) is 0 Å². The van der Waals surface area contributed by atoms with Gasteiger partial charge >= 0.3 is 0 Å². The maximum atomic E-state index is 12.1. The van der Waals surface area contributed by atoms with Gasteiger partial charge in [-0.15, -0.1) is 0 Å². The fourth-order valence-electron chi connectivity index (χ4n) is 3.55. The molecule has 25 heavy (non-hydrogen) atoms. The zero-order valence-corrected chi connectivity index (χ0v) is 16.3. The average Bonchev–Trinajstić information content (AvgIpc) is 3.02. The van der Waals surface area contributed by atoms with E-state index in [-0.39, 0.29) is 12.5 Å². The van der Waals surface area contributed by atoms with Crippen molar-refractivity contribution in [3.05, 3.63) is 29.1 Å². The first kappa shape index (κ1) is 19.9. The number of nitrogens with one attached hydrogen (secondary N) is 1. The number of aromatic nitrogens is 1. The average molecular weight is 348 g/mol. The third kappa shape index (κ3) is 5.51. The first-order valence-electron chi connectivity index (χ1n) is 9.37. The van der Waals surface area contributed by atoms with E-state index in [0.717, 1.165) is 29.9 Å². The van der Waals surface area contributed by atoms with Crippen LogP contribution >= 0.6 is 0 Å². The van der Waals surface area contributed by atoms with Gasteiger partial charge in [0.1, 0.15) is 0 Å². The number of hydrogen-bond acceptors (Lipinski definition) is 4. The largest absolute Gasteiger partial charge is 0.394 e. The van der Waals surface area contributed by atoms with Crippen molar-refractivity contribution in [3.63, 3.8) is 0 Å². The van der Waals surface area contributed by atoms with E-state index in [4.69, 9.17) is 4.98 Å². The number of hydrogen-bond donors (Lipinski definition) is 2. The number of carbonyl (C=O) groups is 1. The second-order valence-electron chi connectivity index (χ2n) is 8.12. The fourth-order valence-corrected chi connectivity index (χ4v) is 3.55. The first-order chi connectivity index (χ1) is 11.7. The molecule has 1 aliphatic heterocycles. The molecule has 0 spiro atoms. The van der Waals surface area contributed by atoms with Crippen LogP contribution in [0.2, 0.25) is 0 Å². The zero-order valence-electron chi connectivity index (χ0n) is 16.3. The van der Waals surface area contributed by atoms with Gasteiger partial charge in [-0.05, 0) is 78.1 Å². The molecule has 0 aromatic carbocycles. The molecule has 5 nitrogen and oxygen atoms in total. The fraction of sp³-hybridized carbons (Fsp3) is 0.700. The number of rotatable bonds is 7. The smallest absolute Gasteiger partial charge is 0.220 e. The molecule has 1 atom stereocenters. The van der Waals surface area contributed by atoms with Gasteiger partial charge in [0.15, 0.2) is 0 Å². The van der Waals surface area contributed by atoms with E-state index >= 15 is 0 Å². The van der Waals surface area contributed by atoms with Crippen LogP contribution < -0.4 is 5.32 Å². The molecule has 2 rings (SSSR count). The third-order valence-electron chi connectivity index (χ3n) is 4.85. The Morgan fingerprint density at radius 1 is 1.44 bits per heavy atom. The lowest BCUT2D eigenvalue weighted by molar-refractivity contribution is -0.123. The van der Waals surface area contributed by atoms with Crippen molar-refractivity contribution in [2.45, 2.75) is 77.9 Å². The van der Waals surface area contributed by atoms with Gasteiger partial charge in [0.25, 0.3) is 0 Å². The molecule has 0 bridgehead atoms. The molecule has 2 N–H and O–H groups in total. The summed E-state index contributed by atoms with van der Waals surface area (Å²) >= 11 is 0. The van der Waals surface area contributed by atoms with E-state index in [1.54, 1.807) is 0 Å². The Hall–Kier alpha value is -1.46. The molecule has 1 aromatic heterocycles. The van der Waals surface area contributed by atoms with E-state index in [0.29, 0.717) is 24.9 Å². The normalized spacial score (nSPS) is 18.8. The summed E-state index contributed by atoms with van der Waals surface area (Å²) in [6.45, 7) is 11.2. The van der Waals surface area contributed by atoms with Crippen LogP contribution in [0.4, 0.5) is 0 Å².